The smallest absolute Gasteiger partial charge is 0.338 e. The Labute approximate surface area is 211 Å². The SMILES string of the molecule is O=C(OCCOCC(COCCO)(COCCO)COCCOCCO)c1cccc2ccccc12. The molecule has 2 rings (SSSR count). The third-order valence-electron chi connectivity index (χ3n) is 5.18. The van der Waals surface area contributed by atoms with Gasteiger partial charge < -0.3 is 43.7 Å². The fraction of sp³-hybridized carbons (Fsp3) is 0.577. The molecule has 0 heterocycles. The Morgan fingerprint density at radius 2 is 1.11 bits per heavy atom. The van der Waals surface area contributed by atoms with Gasteiger partial charge in [-0.3, -0.25) is 0 Å². The predicted octanol–water partition coefficient (Wildman–Crippen LogP) is 1.04. The van der Waals surface area contributed by atoms with Gasteiger partial charge >= 0.3 is 5.97 Å². The molecule has 10 nitrogen and oxygen atoms in total. The van der Waals surface area contributed by atoms with Gasteiger partial charge in [0.2, 0.25) is 0 Å². The van der Waals surface area contributed by atoms with Crippen molar-refractivity contribution in [3.63, 3.8) is 0 Å². The van der Waals surface area contributed by atoms with Gasteiger partial charge in [-0.1, -0.05) is 36.4 Å². The number of carbonyl (C=O) groups excluding carboxylic acids is 1. The average molecular weight is 511 g/mol. The van der Waals surface area contributed by atoms with Crippen molar-refractivity contribution < 1.29 is 48.5 Å². The number of rotatable bonds is 21. The number of hydrogen-bond acceptors (Lipinski definition) is 10. The van der Waals surface area contributed by atoms with E-state index in [0.717, 1.165) is 10.8 Å². The molecule has 36 heavy (non-hydrogen) atoms. The van der Waals surface area contributed by atoms with Gasteiger partial charge in [-0.25, -0.2) is 4.79 Å². The number of aliphatic hydroxyl groups excluding tert-OH is 3. The standard InChI is InChI=1S/C26H38O10/c27-8-11-31-14-15-34-20-26(18-32-12-9-28,19-33-13-10-29)21-35-16-17-36-25(30)24-7-3-5-22-4-1-2-6-23(22)24/h1-7,27-29H,8-21H2. The van der Waals surface area contributed by atoms with Gasteiger partial charge in [0.1, 0.15) is 6.61 Å². The fourth-order valence-corrected chi connectivity index (χ4v) is 3.49. The van der Waals surface area contributed by atoms with E-state index >= 15 is 0 Å². The zero-order valence-corrected chi connectivity index (χ0v) is 20.6. The lowest BCUT2D eigenvalue weighted by Gasteiger charge is -2.33. The minimum atomic E-state index is -0.721. The predicted molar refractivity (Wildman–Crippen MR) is 132 cm³/mol. The monoisotopic (exact) mass is 510 g/mol. The number of carbonyl (C=O) groups is 1. The van der Waals surface area contributed by atoms with Crippen molar-refractivity contribution in [1.29, 1.82) is 0 Å². The maximum atomic E-state index is 12.6. The van der Waals surface area contributed by atoms with Crippen LogP contribution in [0.4, 0.5) is 0 Å². The molecule has 0 radical (unpaired) electrons. The maximum Gasteiger partial charge on any atom is 0.338 e. The first-order chi connectivity index (χ1) is 17.7. The highest BCUT2D eigenvalue weighted by Crippen LogP contribution is 2.21. The van der Waals surface area contributed by atoms with Crippen molar-refractivity contribution in [3.05, 3.63) is 48.0 Å². The lowest BCUT2D eigenvalue weighted by Crippen LogP contribution is -2.42. The third kappa shape index (κ3) is 10.9. The largest absolute Gasteiger partial charge is 0.460 e. The molecule has 0 fully saturated rings. The van der Waals surface area contributed by atoms with E-state index in [1.165, 1.54) is 0 Å². The summed E-state index contributed by atoms with van der Waals surface area (Å²) >= 11 is 0. The molecule has 0 aromatic heterocycles. The minimum Gasteiger partial charge on any atom is -0.460 e. The fourth-order valence-electron chi connectivity index (χ4n) is 3.49. The second-order valence-electron chi connectivity index (χ2n) is 8.16. The summed E-state index contributed by atoms with van der Waals surface area (Å²) in [7, 11) is 0. The van der Waals surface area contributed by atoms with Crippen molar-refractivity contribution in [3.8, 4) is 0 Å². The molecule has 0 saturated carbocycles. The second-order valence-corrected chi connectivity index (χ2v) is 8.16. The highest BCUT2D eigenvalue weighted by atomic mass is 16.6. The van der Waals surface area contributed by atoms with Gasteiger partial charge in [0.05, 0.1) is 96.9 Å². The van der Waals surface area contributed by atoms with Crippen LogP contribution in [0.15, 0.2) is 42.5 Å². The van der Waals surface area contributed by atoms with Gasteiger partial charge in [0.25, 0.3) is 0 Å². The lowest BCUT2D eigenvalue weighted by molar-refractivity contribution is -0.117. The van der Waals surface area contributed by atoms with E-state index in [1.807, 2.05) is 36.4 Å². The van der Waals surface area contributed by atoms with E-state index in [2.05, 4.69) is 0 Å². The molecule has 0 unspecified atom stereocenters. The summed E-state index contributed by atoms with van der Waals surface area (Å²) in [5.41, 5.74) is -0.227. The molecule has 0 spiro atoms. The summed E-state index contributed by atoms with van der Waals surface area (Å²) in [5.74, 6) is -0.426. The van der Waals surface area contributed by atoms with E-state index in [0.29, 0.717) is 18.8 Å². The topological polar surface area (TPSA) is 133 Å². The summed E-state index contributed by atoms with van der Waals surface area (Å²) in [6, 6.07) is 13.1. The minimum absolute atomic E-state index is 0.0585. The molecular weight excluding hydrogens is 472 g/mol. The van der Waals surface area contributed by atoms with Crippen LogP contribution >= 0.6 is 0 Å². The Morgan fingerprint density at radius 3 is 1.75 bits per heavy atom. The molecule has 2 aromatic carbocycles. The number of hydrogen-bond donors (Lipinski definition) is 3. The van der Waals surface area contributed by atoms with Crippen LogP contribution in [0.25, 0.3) is 10.8 Å². The molecule has 0 aliphatic heterocycles. The van der Waals surface area contributed by atoms with E-state index in [4.69, 9.17) is 43.7 Å². The van der Waals surface area contributed by atoms with Gasteiger partial charge in [0.15, 0.2) is 0 Å². The van der Waals surface area contributed by atoms with Crippen LogP contribution in [0.2, 0.25) is 0 Å². The highest BCUT2D eigenvalue weighted by Gasteiger charge is 2.32. The summed E-state index contributed by atoms with van der Waals surface area (Å²) in [5, 5.41) is 28.8. The van der Waals surface area contributed by atoms with Crippen molar-refractivity contribution in [2.24, 2.45) is 5.41 Å². The first-order valence-corrected chi connectivity index (χ1v) is 12.0. The van der Waals surface area contributed by atoms with Crippen molar-refractivity contribution in [2.45, 2.75) is 0 Å². The summed E-state index contributed by atoms with van der Waals surface area (Å²) < 4.78 is 33.3. The van der Waals surface area contributed by atoms with Gasteiger partial charge in [-0.2, -0.15) is 0 Å². The second kappa shape index (κ2) is 18.1. The number of ether oxygens (including phenoxy) is 6. The number of benzene rings is 2. The summed E-state index contributed by atoms with van der Waals surface area (Å²) in [6.45, 7) is 1.77. The van der Waals surface area contributed by atoms with Crippen molar-refractivity contribution >= 4 is 16.7 Å². The molecular formula is C26H38O10. The zero-order chi connectivity index (χ0) is 25.9. The molecule has 10 heteroatoms. The summed E-state index contributed by atoms with van der Waals surface area (Å²) in [6.07, 6.45) is 0. The average Bonchev–Trinajstić information content (AvgIpc) is 2.90. The molecule has 0 saturated heterocycles. The van der Waals surface area contributed by atoms with E-state index in [1.54, 1.807) is 6.07 Å². The molecule has 0 aliphatic carbocycles. The quantitative estimate of drug-likeness (QED) is 0.165. The molecule has 2 aromatic rings. The van der Waals surface area contributed by atoms with Crippen LogP contribution in [0.3, 0.4) is 0 Å². The van der Waals surface area contributed by atoms with E-state index in [9.17, 15) is 4.79 Å². The number of esters is 1. The molecule has 0 atom stereocenters. The van der Waals surface area contributed by atoms with Crippen LogP contribution in [0, 0.1) is 5.41 Å². The van der Waals surface area contributed by atoms with E-state index < -0.39 is 11.4 Å². The van der Waals surface area contributed by atoms with Crippen molar-refractivity contribution in [1.82, 2.24) is 0 Å². The molecule has 0 aliphatic rings. The van der Waals surface area contributed by atoms with Crippen molar-refractivity contribution in [2.75, 3.05) is 92.5 Å². The lowest BCUT2D eigenvalue weighted by atomic mass is 9.92. The Hall–Kier alpha value is -2.15. The zero-order valence-electron chi connectivity index (χ0n) is 20.6. The third-order valence-corrected chi connectivity index (χ3v) is 5.18. The Kier molecular flexibility index (Phi) is 15.2. The summed E-state index contributed by atoms with van der Waals surface area (Å²) in [4.78, 5) is 12.6. The van der Waals surface area contributed by atoms with Crippen LogP contribution < -0.4 is 0 Å². The molecule has 0 amide bonds. The number of fused-ring (bicyclic) bond motifs is 1. The first kappa shape index (κ1) is 30.1. The number of aliphatic hydroxyl groups is 3. The molecule has 202 valence electrons. The van der Waals surface area contributed by atoms with Crippen LogP contribution in [-0.4, -0.2) is 114 Å². The first-order valence-electron chi connectivity index (χ1n) is 12.0. The van der Waals surface area contributed by atoms with Crippen LogP contribution in [0.5, 0.6) is 0 Å². The van der Waals surface area contributed by atoms with Gasteiger partial charge in [-0.05, 0) is 16.8 Å². The van der Waals surface area contributed by atoms with E-state index in [-0.39, 0.29) is 79.3 Å². The molecule has 0 bridgehead atoms. The van der Waals surface area contributed by atoms with Gasteiger partial charge in [-0.15, -0.1) is 0 Å². The van der Waals surface area contributed by atoms with Crippen LogP contribution in [0.1, 0.15) is 10.4 Å². The Bertz CT molecular complexity index is 844. The van der Waals surface area contributed by atoms with Gasteiger partial charge in [0, 0.05) is 0 Å². The Balaban J connectivity index is 1.89. The highest BCUT2D eigenvalue weighted by molar-refractivity contribution is 6.04. The Morgan fingerprint density at radius 1 is 0.611 bits per heavy atom. The maximum absolute atomic E-state index is 12.6. The molecule has 3 N–H and O–H groups in total. The normalized spacial score (nSPS) is 11.8. The van der Waals surface area contributed by atoms with Crippen LogP contribution in [-0.2, 0) is 28.4 Å².